The molecule has 23 heavy (non-hydrogen) atoms. The summed E-state index contributed by atoms with van der Waals surface area (Å²) in [7, 11) is 0. The molecule has 8 heteroatoms. The zero-order chi connectivity index (χ0) is 17.6. The number of carbonyl (C=O) groups excluding carboxylic acids is 3. The first kappa shape index (κ1) is 33.5. The normalized spacial score (nSPS) is 10.4. The largest absolute Gasteiger partial charge is 0.512 e. The summed E-state index contributed by atoms with van der Waals surface area (Å²) < 4.78 is 0. The summed E-state index contributed by atoms with van der Waals surface area (Å²) in [5.74, 6) is -0.187. The third-order valence-electron chi connectivity index (χ3n) is 1.24. The fourth-order valence-electron chi connectivity index (χ4n) is 0.882. The van der Waals surface area contributed by atoms with Gasteiger partial charge in [0.05, 0.1) is 17.3 Å². The van der Waals surface area contributed by atoms with Gasteiger partial charge in [0.1, 0.15) is 0 Å². The first-order valence-electron chi connectivity index (χ1n) is 6.02. The molecule has 0 heterocycles. The van der Waals surface area contributed by atoms with E-state index in [9.17, 15) is 14.4 Å². The average Bonchev–Trinajstić information content (AvgIpc) is 2.10. The van der Waals surface area contributed by atoms with Crippen LogP contribution in [0.4, 0.5) is 0 Å². The van der Waals surface area contributed by atoms with Crippen molar-refractivity contribution in [3.8, 4) is 0 Å². The van der Waals surface area contributed by atoms with Crippen molar-refractivity contribution in [1.29, 1.82) is 0 Å². The van der Waals surface area contributed by atoms with E-state index in [1.54, 1.807) is 0 Å². The summed E-state index contributed by atoms with van der Waals surface area (Å²) in [6.45, 7) is 8.54. The second-order valence-corrected chi connectivity index (χ2v) is 4.19. The van der Waals surface area contributed by atoms with E-state index in [4.69, 9.17) is 15.3 Å². The Bertz CT molecular complexity index is 370. The van der Waals surface area contributed by atoms with Crippen LogP contribution in [0.3, 0.4) is 0 Å². The zero-order valence-corrected chi connectivity index (χ0v) is 17.4. The van der Waals surface area contributed by atoms with Gasteiger partial charge in [-0.25, -0.2) is 0 Å². The van der Waals surface area contributed by atoms with E-state index in [0.29, 0.717) is 0 Å². The molecular formula is C15H26CeO7. The predicted octanol–water partition coefficient (Wildman–Crippen LogP) is 2.29. The Morgan fingerprint density at radius 3 is 0.696 bits per heavy atom. The van der Waals surface area contributed by atoms with Gasteiger partial charge in [0, 0.05) is 60.0 Å². The van der Waals surface area contributed by atoms with Gasteiger partial charge < -0.3 is 20.8 Å². The SMILES string of the molecule is CC(=O)/C=C(\C)O.CC(=O)/C=C(\C)O.CC(=O)/C=C(\C)O.O.[Ce]. The van der Waals surface area contributed by atoms with E-state index in [2.05, 4.69) is 0 Å². The molecule has 132 valence electrons. The molecule has 0 aliphatic rings. The molecule has 0 rings (SSSR count). The Kier molecular flexibility index (Phi) is 30.6. The van der Waals surface area contributed by atoms with Gasteiger partial charge in [0.15, 0.2) is 17.3 Å². The zero-order valence-electron chi connectivity index (χ0n) is 14.3. The number of aliphatic hydroxyl groups excluding tert-OH is 3. The van der Waals surface area contributed by atoms with Crippen molar-refractivity contribution < 1.29 is 76.9 Å². The summed E-state index contributed by atoms with van der Waals surface area (Å²) in [4.78, 5) is 30.1. The molecule has 0 bridgehead atoms. The van der Waals surface area contributed by atoms with Crippen LogP contribution in [0.2, 0.25) is 0 Å². The number of hydrogen-bond donors (Lipinski definition) is 3. The molecule has 5 N–H and O–H groups in total. The van der Waals surface area contributed by atoms with Gasteiger partial charge in [0.25, 0.3) is 0 Å². The summed E-state index contributed by atoms with van der Waals surface area (Å²) >= 11 is 0. The van der Waals surface area contributed by atoms with Crippen molar-refractivity contribution in [1.82, 2.24) is 0 Å². The molecule has 0 aromatic carbocycles. The fourth-order valence-corrected chi connectivity index (χ4v) is 0.882. The number of hydrogen-bond acceptors (Lipinski definition) is 6. The Labute approximate surface area is 170 Å². The van der Waals surface area contributed by atoms with Crippen molar-refractivity contribution in [3.63, 3.8) is 0 Å². The summed E-state index contributed by atoms with van der Waals surface area (Å²) in [5.41, 5.74) is 0. The van der Waals surface area contributed by atoms with Gasteiger partial charge in [-0.2, -0.15) is 0 Å². The first-order valence-corrected chi connectivity index (χ1v) is 6.02. The van der Waals surface area contributed by atoms with Crippen molar-refractivity contribution in [2.24, 2.45) is 0 Å². The van der Waals surface area contributed by atoms with E-state index in [1.165, 1.54) is 59.8 Å². The van der Waals surface area contributed by atoms with Crippen LogP contribution >= 0.6 is 0 Å². The van der Waals surface area contributed by atoms with Crippen LogP contribution < -0.4 is 0 Å². The van der Waals surface area contributed by atoms with Crippen LogP contribution in [0.1, 0.15) is 41.5 Å². The van der Waals surface area contributed by atoms with E-state index >= 15 is 0 Å². The number of rotatable bonds is 3. The maximum absolute atomic E-state index is 10.0. The maximum Gasteiger partial charge on any atom is 0.155 e. The Hall–Kier alpha value is -1.03. The molecule has 0 aromatic heterocycles. The van der Waals surface area contributed by atoms with Crippen LogP contribution in [0.5, 0.6) is 0 Å². The number of aliphatic hydroxyl groups is 3. The van der Waals surface area contributed by atoms with Crippen molar-refractivity contribution in [2.45, 2.75) is 41.5 Å². The average molecular weight is 458 g/mol. The van der Waals surface area contributed by atoms with Crippen molar-refractivity contribution in [2.75, 3.05) is 0 Å². The molecule has 0 aromatic rings. The molecule has 0 amide bonds. The minimum absolute atomic E-state index is 0. The molecule has 0 atom stereocenters. The summed E-state index contributed by atoms with van der Waals surface area (Å²) in [6, 6.07) is 0. The van der Waals surface area contributed by atoms with Gasteiger partial charge >= 0.3 is 0 Å². The van der Waals surface area contributed by atoms with Crippen LogP contribution in [-0.2, 0) is 14.4 Å². The molecule has 0 aliphatic heterocycles. The Balaban J connectivity index is -0.0000000675. The van der Waals surface area contributed by atoms with Crippen LogP contribution in [0.25, 0.3) is 0 Å². The number of ketones is 3. The van der Waals surface area contributed by atoms with Gasteiger partial charge in [-0.3, -0.25) is 14.4 Å². The van der Waals surface area contributed by atoms with E-state index in [-0.39, 0.29) is 81.9 Å². The number of carbonyl (C=O) groups is 3. The van der Waals surface area contributed by atoms with E-state index in [1.807, 2.05) is 0 Å². The molecule has 0 radical (unpaired) electrons. The minimum Gasteiger partial charge on any atom is -0.512 e. The van der Waals surface area contributed by atoms with Crippen LogP contribution in [0, 0.1) is 41.7 Å². The van der Waals surface area contributed by atoms with Crippen LogP contribution in [-0.4, -0.2) is 38.1 Å². The van der Waals surface area contributed by atoms with Gasteiger partial charge in [-0.15, -0.1) is 0 Å². The van der Waals surface area contributed by atoms with Gasteiger partial charge in [0.2, 0.25) is 0 Å². The Morgan fingerprint density at radius 1 is 0.565 bits per heavy atom. The molecule has 0 aliphatic carbocycles. The van der Waals surface area contributed by atoms with Gasteiger partial charge in [-0.1, -0.05) is 0 Å². The predicted molar refractivity (Wildman–Crippen MR) is 84.8 cm³/mol. The first-order chi connectivity index (χ1) is 9.38. The second-order valence-electron chi connectivity index (χ2n) is 4.19. The van der Waals surface area contributed by atoms with E-state index in [0.717, 1.165) is 0 Å². The third kappa shape index (κ3) is 62.7. The summed E-state index contributed by atoms with van der Waals surface area (Å²) in [6.07, 6.45) is 3.50. The van der Waals surface area contributed by atoms with E-state index < -0.39 is 0 Å². The smallest absolute Gasteiger partial charge is 0.155 e. The molecule has 7 nitrogen and oxygen atoms in total. The van der Waals surface area contributed by atoms with Crippen LogP contribution in [0.15, 0.2) is 35.5 Å². The standard InChI is InChI=1S/3C5H8O2.Ce.H2O/c3*1-4(6)3-5(2)7;;/h3*3,6H,1-2H3;;1H2/b3*4-3+;;. The minimum atomic E-state index is -0.125. The molecule has 0 unspecified atom stereocenters. The monoisotopic (exact) mass is 458 g/mol. The molecule has 0 saturated heterocycles. The van der Waals surface area contributed by atoms with Gasteiger partial charge in [-0.05, 0) is 41.5 Å². The Morgan fingerprint density at radius 2 is 0.696 bits per heavy atom. The van der Waals surface area contributed by atoms with Crippen molar-refractivity contribution >= 4 is 17.3 Å². The quantitative estimate of drug-likeness (QED) is 0.437. The topological polar surface area (TPSA) is 143 Å². The molecule has 0 spiro atoms. The summed E-state index contributed by atoms with van der Waals surface area (Å²) in [5, 5.41) is 25.1. The third-order valence-corrected chi connectivity index (χ3v) is 1.24. The maximum atomic E-state index is 10.0. The molecule has 0 fully saturated rings. The number of allylic oxidation sites excluding steroid dienone is 6. The second kappa shape index (κ2) is 21.0. The van der Waals surface area contributed by atoms with Crippen molar-refractivity contribution in [3.05, 3.63) is 35.5 Å². The molecule has 0 saturated carbocycles. The molecular weight excluding hydrogens is 432 g/mol. The fraction of sp³-hybridized carbons (Fsp3) is 0.400.